The van der Waals surface area contributed by atoms with Gasteiger partial charge in [-0.15, -0.1) is 0 Å². The van der Waals surface area contributed by atoms with E-state index in [2.05, 4.69) is 81.1 Å². The molecule has 7 aromatic rings. The smallest absolute Gasteiger partial charge is 0.116 e. The largest absolute Gasteiger partial charge is 0.305 e. The molecule has 7 rings (SSSR count). The van der Waals surface area contributed by atoms with Crippen LogP contribution in [0.25, 0.3) is 59.8 Å². The molecule has 27 heavy (non-hydrogen) atoms. The lowest BCUT2D eigenvalue weighted by molar-refractivity contribution is 1.19. The number of hydrogen-bond donors (Lipinski definition) is 0. The van der Waals surface area contributed by atoms with Crippen LogP contribution in [0.2, 0.25) is 0 Å². The Morgan fingerprint density at radius 1 is 0.593 bits per heavy atom. The second-order valence-corrected chi connectivity index (χ2v) is 7.11. The molecule has 0 spiro atoms. The van der Waals surface area contributed by atoms with E-state index in [1.807, 2.05) is 6.20 Å². The van der Waals surface area contributed by atoms with Crippen LogP contribution in [-0.2, 0) is 0 Å². The predicted molar refractivity (Wildman–Crippen MR) is 112 cm³/mol. The van der Waals surface area contributed by atoms with Crippen molar-refractivity contribution in [3.8, 4) is 0 Å². The Bertz CT molecular complexity index is 1550. The quantitative estimate of drug-likeness (QED) is 0.252. The van der Waals surface area contributed by atoms with Gasteiger partial charge in [-0.05, 0) is 22.2 Å². The summed E-state index contributed by atoms with van der Waals surface area (Å²) in [7, 11) is 0. The van der Waals surface area contributed by atoms with Gasteiger partial charge in [0.15, 0.2) is 0 Å². The Morgan fingerprint density at radius 3 is 2.15 bits per heavy atom. The van der Waals surface area contributed by atoms with Gasteiger partial charge in [0.05, 0.1) is 28.3 Å². The summed E-state index contributed by atoms with van der Waals surface area (Å²) < 4.78 is 2.35. The average Bonchev–Trinajstić information content (AvgIpc) is 3.10. The maximum atomic E-state index is 4.66. The van der Waals surface area contributed by atoms with Crippen LogP contribution in [0.3, 0.4) is 0 Å². The molecule has 0 fully saturated rings. The molecule has 3 heteroatoms. The van der Waals surface area contributed by atoms with Gasteiger partial charge >= 0.3 is 0 Å². The third-order valence-electron chi connectivity index (χ3n) is 5.85. The summed E-state index contributed by atoms with van der Waals surface area (Å²) in [5.74, 6) is 0. The predicted octanol–water partition coefficient (Wildman–Crippen LogP) is 5.93. The second kappa shape index (κ2) is 4.51. The van der Waals surface area contributed by atoms with Crippen LogP contribution in [0.4, 0.5) is 0 Å². The van der Waals surface area contributed by atoms with Gasteiger partial charge in [0.25, 0.3) is 0 Å². The van der Waals surface area contributed by atoms with Crippen molar-refractivity contribution in [2.45, 2.75) is 0 Å². The van der Waals surface area contributed by atoms with Gasteiger partial charge in [-0.2, -0.15) is 0 Å². The molecule has 0 aliphatic carbocycles. The van der Waals surface area contributed by atoms with Gasteiger partial charge in [0.1, 0.15) is 6.33 Å². The number of pyridine rings is 1. The molecule has 0 aliphatic rings. The molecule has 124 valence electrons. The Balaban J connectivity index is 2.06. The Labute approximate surface area is 153 Å². The van der Waals surface area contributed by atoms with Crippen molar-refractivity contribution >= 4 is 59.8 Å². The average molecular weight is 343 g/mol. The highest BCUT2D eigenvalue weighted by atomic mass is 14.9. The van der Waals surface area contributed by atoms with Crippen LogP contribution >= 0.6 is 0 Å². The summed E-state index contributed by atoms with van der Waals surface area (Å²) in [6, 6.07) is 23.9. The van der Waals surface area contributed by atoms with E-state index in [9.17, 15) is 0 Å². The summed E-state index contributed by atoms with van der Waals surface area (Å²) in [6.07, 6.45) is 3.58. The molecule has 4 aromatic carbocycles. The zero-order chi connectivity index (χ0) is 17.5. The van der Waals surface area contributed by atoms with Crippen molar-refractivity contribution in [1.82, 2.24) is 14.4 Å². The minimum atomic E-state index is 1.00. The first-order valence-corrected chi connectivity index (χ1v) is 9.11. The lowest BCUT2D eigenvalue weighted by atomic mass is 9.94. The van der Waals surface area contributed by atoms with E-state index in [0.29, 0.717) is 0 Å². The van der Waals surface area contributed by atoms with Gasteiger partial charge in [-0.3, -0.25) is 0 Å². The zero-order valence-corrected chi connectivity index (χ0v) is 14.3. The third-order valence-corrected chi connectivity index (χ3v) is 5.85. The SMILES string of the molecule is c1ccc2c(c1)c1cccc3c4ncncc4n4c5ccccc5c2c4c13. The normalized spacial score (nSPS) is 12.4. The lowest BCUT2D eigenvalue weighted by Crippen LogP contribution is -1.95. The van der Waals surface area contributed by atoms with E-state index in [1.165, 1.54) is 48.7 Å². The highest BCUT2D eigenvalue weighted by Crippen LogP contribution is 2.44. The molecule has 0 saturated carbocycles. The highest BCUT2D eigenvalue weighted by Gasteiger charge is 2.21. The zero-order valence-electron chi connectivity index (χ0n) is 14.3. The maximum absolute atomic E-state index is 4.66. The molecular formula is C24H13N3. The van der Waals surface area contributed by atoms with E-state index in [1.54, 1.807) is 6.33 Å². The van der Waals surface area contributed by atoms with E-state index in [-0.39, 0.29) is 0 Å². The summed E-state index contributed by atoms with van der Waals surface area (Å²) >= 11 is 0. The number of aromatic nitrogens is 3. The molecule has 0 atom stereocenters. The molecule has 3 aromatic heterocycles. The van der Waals surface area contributed by atoms with Crippen LogP contribution in [0.1, 0.15) is 0 Å². The Hall–Kier alpha value is -3.72. The minimum absolute atomic E-state index is 1.00. The molecule has 0 saturated heterocycles. The lowest BCUT2D eigenvalue weighted by Gasteiger charge is -2.14. The van der Waals surface area contributed by atoms with E-state index >= 15 is 0 Å². The van der Waals surface area contributed by atoms with Crippen molar-refractivity contribution in [2.75, 3.05) is 0 Å². The second-order valence-electron chi connectivity index (χ2n) is 7.11. The van der Waals surface area contributed by atoms with Gasteiger partial charge in [0, 0.05) is 21.5 Å². The van der Waals surface area contributed by atoms with Crippen molar-refractivity contribution in [1.29, 1.82) is 0 Å². The summed E-state index contributed by atoms with van der Waals surface area (Å²) in [4.78, 5) is 9.00. The minimum Gasteiger partial charge on any atom is -0.305 e. The van der Waals surface area contributed by atoms with E-state index < -0.39 is 0 Å². The summed E-state index contributed by atoms with van der Waals surface area (Å²) in [6.45, 7) is 0. The number of para-hydroxylation sites is 1. The number of nitrogens with zero attached hydrogens (tertiary/aromatic N) is 3. The van der Waals surface area contributed by atoms with Crippen LogP contribution in [0.5, 0.6) is 0 Å². The van der Waals surface area contributed by atoms with Crippen molar-refractivity contribution < 1.29 is 0 Å². The molecule has 0 aliphatic heterocycles. The van der Waals surface area contributed by atoms with Crippen LogP contribution in [0.15, 0.2) is 79.3 Å². The van der Waals surface area contributed by atoms with E-state index in [0.717, 1.165) is 11.0 Å². The fourth-order valence-corrected chi connectivity index (χ4v) is 4.86. The maximum Gasteiger partial charge on any atom is 0.116 e. The molecule has 0 unspecified atom stereocenters. The van der Waals surface area contributed by atoms with Crippen LogP contribution < -0.4 is 0 Å². The molecule has 0 bridgehead atoms. The number of fused-ring (bicyclic) bond motifs is 9. The molecule has 0 N–H and O–H groups in total. The molecule has 3 nitrogen and oxygen atoms in total. The molecule has 0 amide bonds. The van der Waals surface area contributed by atoms with Crippen molar-refractivity contribution in [3.05, 3.63) is 79.3 Å². The third kappa shape index (κ3) is 1.46. The molecule has 3 heterocycles. The monoisotopic (exact) mass is 343 g/mol. The van der Waals surface area contributed by atoms with Crippen molar-refractivity contribution in [3.63, 3.8) is 0 Å². The first-order chi connectivity index (χ1) is 13.4. The van der Waals surface area contributed by atoms with E-state index in [4.69, 9.17) is 0 Å². The van der Waals surface area contributed by atoms with Gasteiger partial charge < -0.3 is 4.40 Å². The topological polar surface area (TPSA) is 30.2 Å². The highest BCUT2D eigenvalue weighted by molar-refractivity contribution is 6.37. The summed E-state index contributed by atoms with van der Waals surface area (Å²) in [5, 5.41) is 8.94. The number of hydrogen-bond acceptors (Lipinski definition) is 2. The van der Waals surface area contributed by atoms with Gasteiger partial charge in [-0.25, -0.2) is 9.97 Å². The molecular weight excluding hydrogens is 330 g/mol. The fraction of sp³-hybridized carbons (Fsp3) is 0. The first kappa shape index (κ1) is 13.5. The molecule has 0 radical (unpaired) electrons. The summed E-state index contributed by atoms with van der Waals surface area (Å²) in [5.41, 5.74) is 4.53. The van der Waals surface area contributed by atoms with Gasteiger partial charge in [-0.1, -0.05) is 60.7 Å². The number of rotatable bonds is 0. The Kier molecular flexibility index (Phi) is 2.25. The Morgan fingerprint density at radius 2 is 1.26 bits per heavy atom. The first-order valence-electron chi connectivity index (χ1n) is 9.11. The van der Waals surface area contributed by atoms with Crippen LogP contribution in [-0.4, -0.2) is 14.4 Å². The fourth-order valence-electron chi connectivity index (χ4n) is 4.86. The van der Waals surface area contributed by atoms with Crippen molar-refractivity contribution in [2.24, 2.45) is 0 Å². The number of benzene rings is 4. The van der Waals surface area contributed by atoms with Gasteiger partial charge in [0.2, 0.25) is 0 Å². The van der Waals surface area contributed by atoms with Crippen LogP contribution in [0, 0.1) is 0 Å². The standard InChI is InChI=1S/C24H13N3/c1-2-7-15-14(6-1)16-9-5-10-18-22(16)24-21(15)17-8-3-4-11-19(17)27(24)20-12-25-13-26-23(18)20/h1-13H.